The Morgan fingerprint density at radius 1 is 1.28 bits per heavy atom. The van der Waals surface area contributed by atoms with Gasteiger partial charge in [-0.15, -0.1) is 12.4 Å². The number of carbonyl (C=O) groups excluding carboxylic acids is 1. The molecule has 4 heteroatoms. The zero-order valence-corrected chi connectivity index (χ0v) is 11.8. The Morgan fingerprint density at radius 3 is 2.50 bits per heavy atom. The van der Waals surface area contributed by atoms with Crippen LogP contribution in [-0.2, 0) is 0 Å². The number of amides is 1. The molecule has 2 N–H and O–H groups in total. The SMILES string of the molecule is Cc1ccc(C)c(C(=O)N2CCC(N)CC2)c1.Cl. The lowest BCUT2D eigenvalue weighted by Crippen LogP contribution is -2.43. The lowest BCUT2D eigenvalue weighted by Gasteiger charge is -2.30. The highest BCUT2D eigenvalue weighted by molar-refractivity contribution is 5.95. The highest BCUT2D eigenvalue weighted by Gasteiger charge is 2.22. The average molecular weight is 269 g/mol. The zero-order valence-electron chi connectivity index (χ0n) is 11.0. The molecule has 0 bridgehead atoms. The standard InChI is InChI=1S/C14H20N2O.ClH/c1-10-3-4-11(2)13(9-10)14(17)16-7-5-12(15)6-8-16;/h3-4,9,12H,5-8,15H2,1-2H3;1H. The van der Waals surface area contributed by atoms with Crippen LogP contribution in [0, 0.1) is 13.8 Å². The van der Waals surface area contributed by atoms with E-state index >= 15 is 0 Å². The zero-order chi connectivity index (χ0) is 12.4. The summed E-state index contributed by atoms with van der Waals surface area (Å²) in [6.45, 7) is 5.57. The second-order valence-corrected chi connectivity index (χ2v) is 4.95. The summed E-state index contributed by atoms with van der Waals surface area (Å²) in [5, 5.41) is 0. The van der Waals surface area contributed by atoms with Gasteiger partial charge in [-0.05, 0) is 38.3 Å². The number of carbonyl (C=O) groups is 1. The van der Waals surface area contributed by atoms with Crippen LogP contribution >= 0.6 is 12.4 Å². The highest BCUT2D eigenvalue weighted by atomic mass is 35.5. The molecule has 0 unspecified atom stereocenters. The maximum Gasteiger partial charge on any atom is 0.254 e. The number of hydrogen-bond acceptors (Lipinski definition) is 2. The first-order valence-corrected chi connectivity index (χ1v) is 6.20. The van der Waals surface area contributed by atoms with E-state index in [4.69, 9.17) is 5.73 Å². The number of aryl methyl sites for hydroxylation is 2. The predicted molar refractivity (Wildman–Crippen MR) is 76.3 cm³/mol. The molecule has 3 nitrogen and oxygen atoms in total. The van der Waals surface area contributed by atoms with E-state index in [-0.39, 0.29) is 24.4 Å². The Labute approximate surface area is 115 Å². The number of nitrogens with zero attached hydrogens (tertiary/aromatic N) is 1. The molecule has 0 aliphatic carbocycles. The third-order valence-corrected chi connectivity index (χ3v) is 3.45. The fourth-order valence-corrected chi connectivity index (χ4v) is 2.24. The van der Waals surface area contributed by atoms with E-state index in [1.54, 1.807) is 0 Å². The molecule has 1 aromatic carbocycles. The van der Waals surface area contributed by atoms with Gasteiger partial charge in [-0.2, -0.15) is 0 Å². The number of hydrogen-bond donors (Lipinski definition) is 1. The third-order valence-electron chi connectivity index (χ3n) is 3.45. The fraction of sp³-hybridized carbons (Fsp3) is 0.500. The monoisotopic (exact) mass is 268 g/mol. The molecule has 100 valence electrons. The number of likely N-dealkylation sites (tertiary alicyclic amines) is 1. The molecule has 18 heavy (non-hydrogen) atoms. The van der Waals surface area contributed by atoms with Crippen molar-refractivity contribution in [3.8, 4) is 0 Å². The molecule has 1 amide bonds. The highest BCUT2D eigenvalue weighted by Crippen LogP contribution is 2.16. The smallest absolute Gasteiger partial charge is 0.254 e. The van der Waals surface area contributed by atoms with Crippen LogP contribution in [0.3, 0.4) is 0 Å². The summed E-state index contributed by atoms with van der Waals surface area (Å²) in [5.41, 5.74) is 8.87. The Balaban J connectivity index is 0.00000162. The van der Waals surface area contributed by atoms with Crippen molar-refractivity contribution in [3.63, 3.8) is 0 Å². The molecule has 2 rings (SSSR count). The van der Waals surface area contributed by atoms with Gasteiger partial charge in [-0.1, -0.05) is 17.7 Å². The normalized spacial score (nSPS) is 16.3. The van der Waals surface area contributed by atoms with Gasteiger partial charge in [-0.3, -0.25) is 4.79 Å². The van der Waals surface area contributed by atoms with E-state index in [2.05, 4.69) is 0 Å². The van der Waals surface area contributed by atoms with Crippen molar-refractivity contribution < 1.29 is 4.79 Å². The predicted octanol–water partition coefficient (Wildman–Crippen LogP) is 2.29. The molecule has 0 radical (unpaired) electrons. The van der Waals surface area contributed by atoms with Crippen LogP contribution in [0.2, 0.25) is 0 Å². The van der Waals surface area contributed by atoms with Gasteiger partial charge >= 0.3 is 0 Å². The number of nitrogens with two attached hydrogens (primary N) is 1. The summed E-state index contributed by atoms with van der Waals surface area (Å²) >= 11 is 0. The van der Waals surface area contributed by atoms with Gasteiger partial charge in [0.1, 0.15) is 0 Å². The summed E-state index contributed by atoms with van der Waals surface area (Å²) in [7, 11) is 0. The summed E-state index contributed by atoms with van der Waals surface area (Å²) < 4.78 is 0. The van der Waals surface area contributed by atoms with E-state index in [9.17, 15) is 4.79 Å². The van der Waals surface area contributed by atoms with E-state index in [0.717, 1.165) is 42.6 Å². The van der Waals surface area contributed by atoms with E-state index < -0.39 is 0 Å². The average Bonchev–Trinajstić information content (AvgIpc) is 2.32. The van der Waals surface area contributed by atoms with Gasteiger partial charge in [0.05, 0.1) is 0 Å². The van der Waals surface area contributed by atoms with Gasteiger partial charge in [0, 0.05) is 24.7 Å². The number of piperidine rings is 1. The third kappa shape index (κ3) is 3.24. The molecule has 1 heterocycles. The van der Waals surface area contributed by atoms with Gasteiger partial charge < -0.3 is 10.6 Å². The summed E-state index contributed by atoms with van der Waals surface area (Å²) in [6.07, 6.45) is 1.83. The van der Waals surface area contributed by atoms with Crippen LogP contribution < -0.4 is 5.73 Å². The van der Waals surface area contributed by atoms with Crippen molar-refractivity contribution in [2.45, 2.75) is 32.7 Å². The molecular weight excluding hydrogens is 248 g/mol. The Bertz CT molecular complexity index is 426. The minimum atomic E-state index is 0. The lowest BCUT2D eigenvalue weighted by atomic mass is 10.0. The van der Waals surface area contributed by atoms with E-state index in [1.165, 1.54) is 0 Å². The van der Waals surface area contributed by atoms with E-state index in [1.807, 2.05) is 36.9 Å². The molecule has 0 spiro atoms. The lowest BCUT2D eigenvalue weighted by molar-refractivity contribution is 0.0714. The van der Waals surface area contributed by atoms with Crippen molar-refractivity contribution in [1.29, 1.82) is 0 Å². The van der Waals surface area contributed by atoms with Crippen molar-refractivity contribution in [1.82, 2.24) is 4.90 Å². The van der Waals surface area contributed by atoms with Crippen molar-refractivity contribution >= 4 is 18.3 Å². The fourth-order valence-electron chi connectivity index (χ4n) is 2.24. The summed E-state index contributed by atoms with van der Waals surface area (Å²) in [6, 6.07) is 6.29. The first-order valence-electron chi connectivity index (χ1n) is 6.20. The van der Waals surface area contributed by atoms with Crippen LogP contribution in [0.25, 0.3) is 0 Å². The van der Waals surface area contributed by atoms with Gasteiger partial charge in [0.2, 0.25) is 0 Å². The molecular formula is C14H21ClN2O. The van der Waals surface area contributed by atoms with Crippen LogP contribution in [0.15, 0.2) is 18.2 Å². The molecule has 1 saturated heterocycles. The van der Waals surface area contributed by atoms with Gasteiger partial charge in [0.15, 0.2) is 0 Å². The van der Waals surface area contributed by atoms with E-state index in [0.29, 0.717) is 0 Å². The first kappa shape index (κ1) is 15.0. The minimum Gasteiger partial charge on any atom is -0.339 e. The Kier molecular flexibility index (Phi) is 5.17. The summed E-state index contributed by atoms with van der Waals surface area (Å²) in [4.78, 5) is 14.3. The molecule has 1 aliphatic heterocycles. The quantitative estimate of drug-likeness (QED) is 0.849. The van der Waals surface area contributed by atoms with Crippen LogP contribution in [0.1, 0.15) is 34.3 Å². The van der Waals surface area contributed by atoms with Crippen molar-refractivity contribution in [2.24, 2.45) is 5.73 Å². The number of halogens is 1. The summed E-state index contributed by atoms with van der Waals surface area (Å²) in [5.74, 6) is 0.151. The maximum atomic E-state index is 12.4. The Hall–Kier alpha value is -1.06. The largest absolute Gasteiger partial charge is 0.339 e. The van der Waals surface area contributed by atoms with Crippen LogP contribution in [0.5, 0.6) is 0 Å². The van der Waals surface area contributed by atoms with Crippen LogP contribution in [0.4, 0.5) is 0 Å². The number of rotatable bonds is 1. The molecule has 0 aromatic heterocycles. The minimum absolute atomic E-state index is 0. The van der Waals surface area contributed by atoms with Gasteiger partial charge in [0.25, 0.3) is 5.91 Å². The second-order valence-electron chi connectivity index (χ2n) is 4.95. The molecule has 0 saturated carbocycles. The molecule has 0 atom stereocenters. The van der Waals surface area contributed by atoms with Crippen molar-refractivity contribution in [2.75, 3.05) is 13.1 Å². The Morgan fingerprint density at radius 2 is 1.89 bits per heavy atom. The van der Waals surface area contributed by atoms with Gasteiger partial charge in [-0.25, -0.2) is 0 Å². The number of benzene rings is 1. The molecule has 1 fully saturated rings. The van der Waals surface area contributed by atoms with Crippen molar-refractivity contribution in [3.05, 3.63) is 34.9 Å². The maximum absolute atomic E-state index is 12.4. The van der Waals surface area contributed by atoms with Crippen LogP contribution in [-0.4, -0.2) is 29.9 Å². The molecule has 1 aromatic rings. The first-order chi connectivity index (χ1) is 8.08. The second kappa shape index (κ2) is 6.21. The molecule has 1 aliphatic rings. The topological polar surface area (TPSA) is 46.3 Å².